The summed E-state index contributed by atoms with van der Waals surface area (Å²) in [6.07, 6.45) is 0.774. The molecule has 0 spiro atoms. The maximum absolute atomic E-state index is 11.4. The van der Waals surface area contributed by atoms with Crippen LogP contribution in [0.3, 0.4) is 0 Å². The number of hydrogen-bond donors (Lipinski definition) is 0. The lowest BCUT2D eigenvalue weighted by atomic mass is 9.97. The van der Waals surface area contributed by atoms with Gasteiger partial charge in [-0.05, 0) is 34.1 Å². The molecule has 0 aliphatic rings. The molecular weight excluding hydrogens is 208 g/mol. The minimum Gasteiger partial charge on any atom is -0.461 e. The van der Waals surface area contributed by atoms with Gasteiger partial charge in [-0.2, -0.15) is 0 Å². The maximum atomic E-state index is 11.4. The highest BCUT2D eigenvalue weighted by atomic mass is 16.6. The topological polar surface area (TPSA) is 52.6 Å². The van der Waals surface area contributed by atoms with Gasteiger partial charge in [0.15, 0.2) is 0 Å². The predicted octanol–water partition coefficient (Wildman–Crippen LogP) is 2.31. The van der Waals surface area contributed by atoms with Crippen LogP contribution in [0.5, 0.6) is 0 Å². The summed E-state index contributed by atoms with van der Waals surface area (Å²) in [5, 5.41) is 0. The fourth-order valence-electron chi connectivity index (χ4n) is 0.931. The highest BCUT2D eigenvalue weighted by Gasteiger charge is 2.24. The molecule has 0 saturated heterocycles. The standard InChI is InChI=1S/C12H22O4/c1-6-7-10(13)16-9(2)8-15-11(14)12(3,4)5/h9H,6-8H2,1-5H3. The van der Waals surface area contributed by atoms with E-state index in [-0.39, 0.29) is 24.6 Å². The zero-order valence-corrected chi connectivity index (χ0v) is 10.8. The normalized spacial score (nSPS) is 13.1. The molecule has 0 aromatic heterocycles. The minimum absolute atomic E-state index is 0.117. The Hall–Kier alpha value is -1.06. The van der Waals surface area contributed by atoms with E-state index in [1.54, 1.807) is 27.7 Å². The van der Waals surface area contributed by atoms with E-state index >= 15 is 0 Å². The third-order valence-corrected chi connectivity index (χ3v) is 1.85. The van der Waals surface area contributed by atoms with Gasteiger partial charge in [0.25, 0.3) is 0 Å². The molecule has 16 heavy (non-hydrogen) atoms. The van der Waals surface area contributed by atoms with E-state index in [4.69, 9.17) is 9.47 Å². The number of hydrogen-bond acceptors (Lipinski definition) is 4. The highest BCUT2D eigenvalue weighted by molar-refractivity contribution is 5.75. The van der Waals surface area contributed by atoms with Gasteiger partial charge < -0.3 is 9.47 Å². The molecule has 0 N–H and O–H groups in total. The Balaban J connectivity index is 3.86. The van der Waals surface area contributed by atoms with E-state index in [0.29, 0.717) is 6.42 Å². The van der Waals surface area contributed by atoms with Gasteiger partial charge in [0.05, 0.1) is 5.41 Å². The Kier molecular flexibility index (Phi) is 6.08. The lowest BCUT2D eigenvalue weighted by molar-refractivity contribution is -0.163. The van der Waals surface area contributed by atoms with Gasteiger partial charge in [-0.1, -0.05) is 6.92 Å². The van der Waals surface area contributed by atoms with E-state index in [1.165, 1.54) is 0 Å². The Labute approximate surface area is 97.3 Å². The van der Waals surface area contributed by atoms with Gasteiger partial charge in [0.1, 0.15) is 12.7 Å². The fraction of sp³-hybridized carbons (Fsp3) is 0.833. The molecular formula is C12H22O4. The number of carbonyl (C=O) groups excluding carboxylic acids is 2. The van der Waals surface area contributed by atoms with Crippen LogP contribution in [0, 0.1) is 5.41 Å². The summed E-state index contributed by atoms with van der Waals surface area (Å²) in [5.41, 5.74) is -0.521. The minimum atomic E-state index is -0.521. The van der Waals surface area contributed by atoms with Crippen LogP contribution in [0.15, 0.2) is 0 Å². The quantitative estimate of drug-likeness (QED) is 0.680. The maximum Gasteiger partial charge on any atom is 0.311 e. The van der Waals surface area contributed by atoms with E-state index in [0.717, 1.165) is 6.42 Å². The Morgan fingerprint density at radius 3 is 2.25 bits per heavy atom. The van der Waals surface area contributed by atoms with Crippen molar-refractivity contribution >= 4 is 11.9 Å². The third kappa shape index (κ3) is 6.43. The molecule has 4 nitrogen and oxygen atoms in total. The first-order chi connectivity index (χ1) is 7.27. The van der Waals surface area contributed by atoms with E-state index in [2.05, 4.69) is 0 Å². The van der Waals surface area contributed by atoms with Crippen molar-refractivity contribution in [2.24, 2.45) is 5.41 Å². The lowest BCUT2D eigenvalue weighted by Crippen LogP contribution is -2.28. The molecule has 1 atom stereocenters. The summed E-state index contributed by atoms with van der Waals surface area (Å²) in [6.45, 7) is 9.08. The smallest absolute Gasteiger partial charge is 0.311 e. The molecule has 0 aliphatic heterocycles. The number of carbonyl (C=O) groups is 2. The number of rotatable bonds is 5. The number of esters is 2. The van der Waals surface area contributed by atoms with E-state index in [1.807, 2.05) is 6.92 Å². The van der Waals surface area contributed by atoms with Gasteiger partial charge in [-0.3, -0.25) is 9.59 Å². The Morgan fingerprint density at radius 2 is 1.81 bits per heavy atom. The van der Waals surface area contributed by atoms with Crippen molar-refractivity contribution in [2.45, 2.75) is 53.6 Å². The lowest BCUT2D eigenvalue weighted by Gasteiger charge is -2.19. The van der Waals surface area contributed by atoms with Crippen LogP contribution in [-0.2, 0) is 19.1 Å². The van der Waals surface area contributed by atoms with Gasteiger partial charge in [-0.15, -0.1) is 0 Å². The van der Waals surface area contributed by atoms with Crippen molar-refractivity contribution in [1.82, 2.24) is 0 Å². The molecule has 0 aromatic rings. The molecule has 0 rings (SSSR count). The fourth-order valence-corrected chi connectivity index (χ4v) is 0.931. The second-order valence-electron chi connectivity index (χ2n) is 4.90. The molecule has 0 aliphatic carbocycles. The second kappa shape index (κ2) is 6.51. The van der Waals surface area contributed by atoms with E-state index in [9.17, 15) is 9.59 Å². The van der Waals surface area contributed by atoms with Crippen molar-refractivity contribution in [3.63, 3.8) is 0 Å². The second-order valence-corrected chi connectivity index (χ2v) is 4.90. The molecule has 0 aromatic carbocycles. The zero-order chi connectivity index (χ0) is 12.8. The molecule has 4 heteroatoms. The van der Waals surface area contributed by atoms with Crippen LogP contribution < -0.4 is 0 Å². The van der Waals surface area contributed by atoms with Crippen LogP contribution in [0.2, 0.25) is 0 Å². The first kappa shape index (κ1) is 14.9. The monoisotopic (exact) mass is 230 g/mol. The molecule has 0 radical (unpaired) electrons. The number of ether oxygens (including phenoxy) is 2. The molecule has 0 bridgehead atoms. The first-order valence-corrected chi connectivity index (χ1v) is 5.64. The van der Waals surface area contributed by atoms with Gasteiger partial charge in [0.2, 0.25) is 0 Å². The summed E-state index contributed by atoms with van der Waals surface area (Å²) in [6, 6.07) is 0. The van der Waals surface area contributed by atoms with Crippen molar-refractivity contribution in [3.05, 3.63) is 0 Å². The average molecular weight is 230 g/mol. The molecule has 0 fully saturated rings. The molecule has 1 unspecified atom stereocenters. The van der Waals surface area contributed by atoms with Crippen LogP contribution in [0.1, 0.15) is 47.5 Å². The predicted molar refractivity (Wildman–Crippen MR) is 60.9 cm³/mol. The van der Waals surface area contributed by atoms with Gasteiger partial charge in [-0.25, -0.2) is 0 Å². The largest absolute Gasteiger partial charge is 0.461 e. The van der Waals surface area contributed by atoms with Crippen molar-refractivity contribution < 1.29 is 19.1 Å². The summed E-state index contributed by atoms with van der Waals surface area (Å²) < 4.78 is 10.1. The third-order valence-electron chi connectivity index (χ3n) is 1.85. The molecule has 0 heterocycles. The van der Waals surface area contributed by atoms with Gasteiger partial charge >= 0.3 is 11.9 Å². The zero-order valence-electron chi connectivity index (χ0n) is 10.8. The van der Waals surface area contributed by atoms with Gasteiger partial charge in [0, 0.05) is 6.42 Å². The summed E-state index contributed by atoms with van der Waals surface area (Å²) in [4.78, 5) is 22.6. The van der Waals surface area contributed by atoms with E-state index < -0.39 is 5.41 Å². The van der Waals surface area contributed by atoms with Crippen molar-refractivity contribution in [1.29, 1.82) is 0 Å². The summed E-state index contributed by atoms with van der Waals surface area (Å²) >= 11 is 0. The van der Waals surface area contributed by atoms with Crippen LogP contribution in [-0.4, -0.2) is 24.6 Å². The Morgan fingerprint density at radius 1 is 1.25 bits per heavy atom. The average Bonchev–Trinajstić information content (AvgIpc) is 2.12. The van der Waals surface area contributed by atoms with Crippen LogP contribution in [0.4, 0.5) is 0 Å². The van der Waals surface area contributed by atoms with Crippen LogP contribution >= 0.6 is 0 Å². The first-order valence-electron chi connectivity index (χ1n) is 5.64. The van der Waals surface area contributed by atoms with Crippen LogP contribution in [0.25, 0.3) is 0 Å². The van der Waals surface area contributed by atoms with Crippen molar-refractivity contribution in [3.8, 4) is 0 Å². The Bertz CT molecular complexity index is 240. The highest BCUT2D eigenvalue weighted by Crippen LogP contribution is 2.15. The summed E-state index contributed by atoms with van der Waals surface area (Å²) in [7, 11) is 0. The molecule has 0 saturated carbocycles. The molecule has 94 valence electrons. The SMILES string of the molecule is CCCC(=O)OC(C)COC(=O)C(C)(C)C. The summed E-state index contributed by atoms with van der Waals surface area (Å²) in [5.74, 6) is -0.535. The molecule has 0 amide bonds. The van der Waals surface area contributed by atoms with Crippen molar-refractivity contribution in [2.75, 3.05) is 6.61 Å².